The van der Waals surface area contributed by atoms with Crippen molar-refractivity contribution in [1.82, 2.24) is 5.32 Å². The average molecular weight is 157 g/mol. The Kier molecular flexibility index (Phi) is 4.34. The van der Waals surface area contributed by atoms with E-state index in [4.69, 9.17) is 5.11 Å². The van der Waals surface area contributed by atoms with Crippen LogP contribution in [-0.4, -0.2) is 17.1 Å². The lowest BCUT2D eigenvalue weighted by Crippen LogP contribution is -2.34. The molecule has 0 saturated heterocycles. The van der Waals surface area contributed by atoms with Crippen LogP contribution in [0.15, 0.2) is 12.3 Å². The molecule has 64 valence electrons. The zero-order valence-electron chi connectivity index (χ0n) is 7.05. The van der Waals surface area contributed by atoms with Crippen LogP contribution < -0.4 is 5.32 Å². The number of allylic oxidation sites excluding steroid dienone is 1. The van der Waals surface area contributed by atoms with E-state index in [-0.39, 0.29) is 0 Å². The molecule has 3 heteroatoms. The van der Waals surface area contributed by atoms with Crippen molar-refractivity contribution in [1.29, 1.82) is 0 Å². The lowest BCUT2D eigenvalue weighted by molar-refractivity contribution is -0.139. The van der Waals surface area contributed by atoms with Crippen molar-refractivity contribution in [3.05, 3.63) is 12.3 Å². The number of carboxylic acid groups (broad SMARTS) is 1. The predicted octanol–water partition coefficient (Wildman–Crippen LogP) is 1.36. The third-order valence-electron chi connectivity index (χ3n) is 1.30. The molecule has 11 heavy (non-hydrogen) atoms. The van der Waals surface area contributed by atoms with Gasteiger partial charge in [-0.05, 0) is 13.3 Å². The van der Waals surface area contributed by atoms with Gasteiger partial charge in [-0.1, -0.05) is 19.9 Å². The molecule has 3 nitrogen and oxygen atoms in total. The minimum Gasteiger partial charge on any atom is -0.480 e. The van der Waals surface area contributed by atoms with Gasteiger partial charge in [0.05, 0.1) is 0 Å². The summed E-state index contributed by atoms with van der Waals surface area (Å²) in [6.07, 6.45) is 1.50. The average Bonchev–Trinajstić information content (AvgIpc) is 1.86. The highest BCUT2D eigenvalue weighted by molar-refractivity contribution is 5.73. The van der Waals surface area contributed by atoms with Gasteiger partial charge in [-0.15, -0.1) is 0 Å². The van der Waals surface area contributed by atoms with Crippen molar-refractivity contribution in [2.75, 3.05) is 0 Å². The minimum absolute atomic E-state index is 0.475. The molecule has 0 fully saturated rings. The largest absolute Gasteiger partial charge is 0.480 e. The van der Waals surface area contributed by atoms with Crippen LogP contribution >= 0.6 is 0 Å². The second-order valence-corrected chi connectivity index (χ2v) is 2.60. The van der Waals surface area contributed by atoms with E-state index >= 15 is 0 Å². The monoisotopic (exact) mass is 157 g/mol. The van der Waals surface area contributed by atoms with Crippen molar-refractivity contribution >= 4 is 5.97 Å². The van der Waals surface area contributed by atoms with Crippen LogP contribution in [0.2, 0.25) is 0 Å². The summed E-state index contributed by atoms with van der Waals surface area (Å²) in [5, 5.41) is 11.4. The van der Waals surface area contributed by atoms with Crippen LogP contribution in [-0.2, 0) is 4.79 Å². The molecule has 0 bridgehead atoms. The quantitative estimate of drug-likeness (QED) is 0.633. The Labute approximate surface area is 67.1 Å². The summed E-state index contributed by atoms with van der Waals surface area (Å²) < 4.78 is 0. The second-order valence-electron chi connectivity index (χ2n) is 2.60. The van der Waals surface area contributed by atoms with Crippen LogP contribution in [0.3, 0.4) is 0 Å². The minimum atomic E-state index is -0.810. The highest BCUT2D eigenvalue weighted by Crippen LogP contribution is 1.98. The van der Waals surface area contributed by atoms with Gasteiger partial charge >= 0.3 is 5.97 Å². The Balaban J connectivity index is 3.89. The Bertz CT molecular complexity index is 154. The molecule has 0 rings (SSSR count). The zero-order valence-corrected chi connectivity index (χ0v) is 7.05. The zero-order chi connectivity index (χ0) is 8.85. The number of carbonyl (C=O) groups is 1. The van der Waals surface area contributed by atoms with E-state index in [9.17, 15) is 4.79 Å². The van der Waals surface area contributed by atoms with Gasteiger partial charge in [-0.25, -0.2) is 4.79 Å². The Hall–Kier alpha value is -0.990. The molecule has 0 spiro atoms. The molecule has 0 aliphatic rings. The SMILES string of the molecule is C=C(C)NC(CCC)C(=O)O. The van der Waals surface area contributed by atoms with E-state index in [2.05, 4.69) is 11.9 Å². The fourth-order valence-electron chi connectivity index (χ4n) is 0.843. The second kappa shape index (κ2) is 4.77. The summed E-state index contributed by atoms with van der Waals surface area (Å²) in [6, 6.07) is -0.475. The lowest BCUT2D eigenvalue weighted by atomic mass is 10.1. The van der Waals surface area contributed by atoms with Crippen molar-refractivity contribution in [2.24, 2.45) is 0 Å². The van der Waals surface area contributed by atoms with Crippen molar-refractivity contribution in [3.8, 4) is 0 Å². The van der Waals surface area contributed by atoms with E-state index in [0.29, 0.717) is 12.1 Å². The number of hydrogen-bond donors (Lipinski definition) is 2. The molecule has 0 saturated carbocycles. The molecule has 0 aliphatic heterocycles. The first-order valence-corrected chi connectivity index (χ1v) is 3.72. The fraction of sp³-hybridized carbons (Fsp3) is 0.625. The van der Waals surface area contributed by atoms with Gasteiger partial charge < -0.3 is 10.4 Å². The summed E-state index contributed by atoms with van der Waals surface area (Å²) in [5.41, 5.74) is 0.700. The Morgan fingerprint density at radius 2 is 2.27 bits per heavy atom. The molecule has 0 radical (unpaired) electrons. The van der Waals surface area contributed by atoms with E-state index in [1.54, 1.807) is 6.92 Å². The molecule has 0 aromatic rings. The van der Waals surface area contributed by atoms with Gasteiger partial charge in [0, 0.05) is 5.70 Å². The number of carboxylic acids is 1. The molecule has 2 N–H and O–H groups in total. The summed E-state index contributed by atoms with van der Waals surface area (Å²) in [5.74, 6) is -0.810. The predicted molar refractivity (Wildman–Crippen MR) is 44.3 cm³/mol. The first kappa shape index (κ1) is 10.0. The lowest BCUT2D eigenvalue weighted by Gasteiger charge is -2.13. The Morgan fingerprint density at radius 3 is 2.55 bits per heavy atom. The molecule has 0 aromatic heterocycles. The van der Waals surface area contributed by atoms with Crippen LogP contribution in [0.4, 0.5) is 0 Å². The summed E-state index contributed by atoms with van der Waals surface area (Å²) in [6.45, 7) is 7.30. The summed E-state index contributed by atoms with van der Waals surface area (Å²) >= 11 is 0. The van der Waals surface area contributed by atoms with Crippen LogP contribution in [0.1, 0.15) is 26.7 Å². The number of nitrogens with one attached hydrogen (secondary N) is 1. The van der Waals surface area contributed by atoms with E-state index in [1.807, 2.05) is 6.92 Å². The smallest absolute Gasteiger partial charge is 0.326 e. The van der Waals surface area contributed by atoms with Gasteiger partial charge in [0.2, 0.25) is 0 Å². The van der Waals surface area contributed by atoms with E-state index < -0.39 is 12.0 Å². The van der Waals surface area contributed by atoms with Crippen molar-refractivity contribution in [2.45, 2.75) is 32.7 Å². The number of rotatable bonds is 5. The molecular formula is C8H15NO2. The van der Waals surface area contributed by atoms with Crippen LogP contribution in [0.25, 0.3) is 0 Å². The van der Waals surface area contributed by atoms with Crippen molar-refractivity contribution in [3.63, 3.8) is 0 Å². The molecule has 0 aromatic carbocycles. The fourth-order valence-corrected chi connectivity index (χ4v) is 0.843. The summed E-state index contributed by atoms with van der Waals surface area (Å²) in [4.78, 5) is 10.5. The van der Waals surface area contributed by atoms with E-state index in [0.717, 1.165) is 6.42 Å². The normalized spacial score (nSPS) is 12.2. The summed E-state index contributed by atoms with van der Waals surface area (Å²) in [7, 11) is 0. The standard InChI is InChI=1S/C8H15NO2/c1-4-5-7(8(10)11)9-6(2)3/h7,9H,2,4-5H2,1,3H3,(H,10,11). The van der Waals surface area contributed by atoms with Crippen LogP contribution in [0.5, 0.6) is 0 Å². The van der Waals surface area contributed by atoms with Gasteiger partial charge in [0.1, 0.15) is 6.04 Å². The molecular weight excluding hydrogens is 142 g/mol. The number of aliphatic carboxylic acids is 1. The van der Waals surface area contributed by atoms with Crippen LogP contribution in [0, 0.1) is 0 Å². The van der Waals surface area contributed by atoms with Gasteiger partial charge in [-0.2, -0.15) is 0 Å². The maximum atomic E-state index is 10.5. The van der Waals surface area contributed by atoms with Gasteiger partial charge in [0.25, 0.3) is 0 Å². The maximum absolute atomic E-state index is 10.5. The molecule has 0 amide bonds. The molecule has 1 unspecified atom stereocenters. The highest BCUT2D eigenvalue weighted by atomic mass is 16.4. The molecule has 0 aliphatic carbocycles. The number of hydrogen-bond acceptors (Lipinski definition) is 2. The first-order chi connectivity index (χ1) is 5.07. The van der Waals surface area contributed by atoms with Gasteiger partial charge in [0.15, 0.2) is 0 Å². The molecule has 1 atom stereocenters. The maximum Gasteiger partial charge on any atom is 0.326 e. The highest BCUT2D eigenvalue weighted by Gasteiger charge is 2.14. The molecule has 0 heterocycles. The van der Waals surface area contributed by atoms with E-state index in [1.165, 1.54) is 0 Å². The van der Waals surface area contributed by atoms with Gasteiger partial charge in [-0.3, -0.25) is 0 Å². The van der Waals surface area contributed by atoms with Crippen molar-refractivity contribution < 1.29 is 9.90 Å². The topological polar surface area (TPSA) is 49.3 Å². The Morgan fingerprint density at radius 1 is 1.73 bits per heavy atom. The first-order valence-electron chi connectivity index (χ1n) is 3.72. The third kappa shape index (κ3) is 4.42. The third-order valence-corrected chi connectivity index (χ3v) is 1.30.